The van der Waals surface area contributed by atoms with Crippen molar-refractivity contribution in [1.29, 1.82) is 0 Å². The van der Waals surface area contributed by atoms with Crippen molar-refractivity contribution in [3.63, 3.8) is 0 Å². The molecule has 0 saturated carbocycles. The van der Waals surface area contributed by atoms with Crippen LogP contribution in [0.4, 0.5) is 0 Å². The molecule has 1 aromatic rings. The Balaban J connectivity index is 1.88. The van der Waals surface area contributed by atoms with Crippen LogP contribution < -0.4 is 0 Å². The number of carbonyl (C=O) groups is 2. The maximum atomic E-state index is 13.3. The molecule has 2 amide bonds. The van der Waals surface area contributed by atoms with Gasteiger partial charge in [-0.05, 0) is 66.2 Å². The first kappa shape index (κ1) is 18.9. The van der Waals surface area contributed by atoms with E-state index in [4.69, 9.17) is 0 Å². The van der Waals surface area contributed by atoms with Crippen molar-refractivity contribution >= 4 is 11.8 Å². The van der Waals surface area contributed by atoms with Crippen molar-refractivity contribution in [2.45, 2.75) is 84.3 Å². The smallest absolute Gasteiger partial charge is 0.313 e. The molecule has 144 valence electrons. The van der Waals surface area contributed by atoms with Gasteiger partial charge >= 0.3 is 11.8 Å². The first-order chi connectivity index (χ1) is 12.0. The Hall–Kier alpha value is -1.85. The minimum atomic E-state index is -0.392. The van der Waals surface area contributed by atoms with Crippen LogP contribution in [0.2, 0.25) is 0 Å². The molecular formula is C20H32N4O2. The third kappa shape index (κ3) is 3.14. The van der Waals surface area contributed by atoms with E-state index in [-0.39, 0.29) is 28.9 Å². The summed E-state index contributed by atoms with van der Waals surface area (Å²) in [6.07, 6.45) is 5.66. The highest BCUT2D eigenvalue weighted by Crippen LogP contribution is 2.40. The van der Waals surface area contributed by atoms with Gasteiger partial charge in [0.15, 0.2) is 0 Å². The summed E-state index contributed by atoms with van der Waals surface area (Å²) in [4.78, 5) is 37.8. The van der Waals surface area contributed by atoms with Gasteiger partial charge in [-0.1, -0.05) is 6.92 Å². The monoisotopic (exact) mass is 360 g/mol. The first-order valence-corrected chi connectivity index (χ1v) is 9.72. The fourth-order valence-corrected chi connectivity index (χ4v) is 4.94. The van der Waals surface area contributed by atoms with Crippen molar-refractivity contribution in [3.8, 4) is 0 Å². The lowest BCUT2D eigenvalue weighted by Gasteiger charge is -2.52. The molecule has 0 aliphatic carbocycles. The zero-order chi connectivity index (χ0) is 19.3. The summed E-state index contributed by atoms with van der Waals surface area (Å²) in [5.41, 5.74) is 0.281. The van der Waals surface area contributed by atoms with Crippen LogP contribution in [0.25, 0.3) is 0 Å². The highest BCUT2D eigenvalue weighted by Gasteiger charge is 2.49. The zero-order valence-electron chi connectivity index (χ0n) is 16.9. The summed E-state index contributed by atoms with van der Waals surface area (Å²) in [7, 11) is 0. The fourth-order valence-electron chi connectivity index (χ4n) is 4.94. The maximum Gasteiger partial charge on any atom is 0.313 e. The number of aromatic nitrogens is 2. The molecule has 3 rings (SSSR count). The molecule has 2 saturated heterocycles. The summed E-state index contributed by atoms with van der Waals surface area (Å²) in [6.45, 7) is 12.9. The minimum Gasteiger partial charge on any atom is -0.347 e. The van der Waals surface area contributed by atoms with E-state index in [0.29, 0.717) is 6.54 Å². The number of aryl methyl sites for hydroxylation is 1. The third-order valence-electron chi connectivity index (χ3n) is 6.14. The summed E-state index contributed by atoms with van der Waals surface area (Å²) in [5, 5.41) is 0. The number of nitrogens with zero attached hydrogens (tertiary/aromatic N) is 3. The predicted octanol–water partition coefficient (Wildman–Crippen LogP) is 3.20. The second kappa shape index (κ2) is 6.39. The van der Waals surface area contributed by atoms with E-state index in [0.717, 1.165) is 37.2 Å². The van der Waals surface area contributed by atoms with Crippen LogP contribution in [0.5, 0.6) is 0 Å². The highest BCUT2D eigenvalue weighted by molar-refractivity contribution is 6.35. The summed E-state index contributed by atoms with van der Waals surface area (Å²) >= 11 is 0. The molecule has 2 atom stereocenters. The Bertz CT molecular complexity index is 690. The van der Waals surface area contributed by atoms with E-state index in [2.05, 4.69) is 44.6 Å². The molecule has 2 aliphatic heterocycles. The normalized spacial score (nSPS) is 27.6. The molecule has 0 spiro atoms. The van der Waals surface area contributed by atoms with Crippen molar-refractivity contribution in [1.82, 2.24) is 19.8 Å². The highest BCUT2D eigenvalue weighted by atomic mass is 16.2. The molecule has 6 nitrogen and oxygen atoms in total. The Morgan fingerprint density at radius 2 is 1.77 bits per heavy atom. The van der Waals surface area contributed by atoms with E-state index >= 15 is 0 Å². The number of rotatable bonds is 1. The van der Waals surface area contributed by atoms with Crippen LogP contribution in [0.3, 0.4) is 0 Å². The largest absolute Gasteiger partial charge is 0.347 e. The number of hydrogen-bond donors (Lipinski definition) is 1. The standard InChI is InChI=1S/C20H32N4O2/c1-13-8-11-23(15(13)16-21-12-14(2)22-16)17(25)18(26)24-19(3,4)9-7-10-20(24,5)6/h12-13,15H,7-11H2,1-6H3,(H,21,22)/t13-,15?/m0/s1. The van der Waals surface area contributed by atoms with Crippen LogP contribution in [0.15, 0.2) is 6.20 Å². The Morgan fingerprint density at radius 3 is 2.31 bits per heavy atom. The number of aromatic amines is 1. The molecule has 0 aromatic carbocycles. The summed E-state index contributed by atoms with van der Waals surface area (Å²) in [5.74, 6) is 0.295. The van der Waals surface area contributed by atoms with Gasteiger partial charge in [0.25, 0.3) is 0 Å². The van der Waals surface area contributed by atoms with Gasteiger partial charge in [0.1, 0.15) is 5.82 Å². The molecule has 2 fully saturated rings. The summed E-state index contributed by atoms with van der Waals surface area (Å²) in [6, 6.07) is -0.156. The number of amides is 2. The van der Waals surface area contributed by atoms with Crippen molar-refractivity contribution in [3.05, 3.63) is 17.7 Å². The predicted molar refractivity (Wildman–Crippen MR) is 100 cm³/mol. The lowest BCUT2D eigenvalue weighted by molar-refractivity contribution is -0.163. The number of H-pyrrole nitrogens is 1. The van der Waals surface area contributed by atoms with Crippen molar-refractivity contribution in [2.75, 3.05) is 6.54 Å². The quantitative estimate of drug-likeness (QED) is 0.782. The fraction of sp³-hybridized carbons (Fsp3) is 0.750. The maximum absolute atomic E-state index is 13.3. The topological polar surface area (TPSA) is 69.3 Å². The van der Waals surface area contributed by atoms with E-state index in [1.54, 1.807) is 4.90 Å². The van der Waals surface area contributed by atoms with Gasteiger partial charge in [-0.25, -0.2) is 4.98 Å². The van der Waals surface area contributed by atoms with Crippen LogP contribution in [-0.4, -0.2) is 49.2 Å². The molecule has 1 aromatic heterocycles. The zero-order valence-corrected chi connectivity index (χ0v) is 16.9. The number of nitrogens with one attached hydrogen (secondary N) is 1. The molecule has 0 bridgehead atoms. The molecule has 1 N–H and O–H groups in total. The van der Waals surface area contributed by atoms with E-state index < -0.39 is 5.91 Å². The van der Waals surface area contributed by atoms with Crippen molar-refractivity contribution in [2.24, 2.45) is 5.92 Å². The lowest BCUT2D eigenvalue weighted by atomic mass is 9.79. The molecule has 2 aliphatic rings. The number of imidazole rings is 1. The second-order valence-corrected chi connectivity index (χ2v) is 9.26. The van der Waals surface area contributed by atoms with Gasteiger partial charge in [-0.2, -0.15) is 0 Å². The molecule has 26 heavy (non-hydrogen) atoms. The molecule has 0 radical (unpaired) electrons. The Morgan fingerprint density at radius 1 is 1.15 bits per heavy atom. The lowest BCUT2D eigenvalue weighted by Crippen LogP contribution is -2.64. The van der Waals surface area contributed by atoms with E-state index in [1.165, 1.54) is 0 Å². The van der Waals surface area contributed by atoms with Gasteiger partial charge in [-0.3, -0.25) is 9.59 Å². The van der Waals surface area contributed by atoms with Gasteiger partial charge in [0.2, 0.25) is 0 Å². The van der Waals surface area contributed by atoms with Crippen molar-refractivity contribution < 1.29 is 9.59 Å². The average Bonchev–Trinajstić information content (AvgIpc) is 3.10. The molecular weight excluding hydrogens is 328 g/mol. The first-order valence-electron chi connectivity index (χ1n) is 9.72. The van der Waals surface area contributed by atoms with Crippen LogP contribution in [0.1, 0.15) is 77.9 Å². The van der Waals surface area contributed by atoms with Crippen LogP contribution in [0, 0.1) is 12.8 Å². The number of piperidine rings is 1. The number of carbonyl (C=O) groups excluding carboxylic acids is 2. The minimum absolute atomic E-state index is 0.156. The van der Waals surface area contributed by atoms with Crippen LogP contribution >= 0.6 is 0 Å². The van der Waals surface area contributed by atoms with E-state index in [9.17, 15) is 9.59 Å². The van der Waals surface area contributed by atoms with Crippen LogP contribution in [-0.2, 0) is 9.59 Å². The molecule has 1 unspecified atom stereocenters. The van der Waals surface area contributed by atoms with Gasteiger partial charge in [-0.15, -0.1) is 0 Å². The van der Waals surface area contributed by atoms with E-state index in [1.807, 2.05) is 18.0 Å². The summed E-state index contributed by atoms with van der Waals surface area (Å²) < 4.78 is 0. The number of hydrogen-bond acceptors (Lipinski definition) is 3. The number of likely N-dealkylation sites (tertiary alicyclic amines) is 2. The Labute approximate surface area is 156 Å². The van der Waals surface area contributed by atoms with Gasteiger partial charge < -0.3 is 14.8 Å². The molecule has 3 heterocycles. The molecule has 6 heteroatoms. The SMILES string of the molecule is Cc1c[nH]c(C2[C@@H](C)CCN2C(=O)C(=O)N2C(C)(C)CCCC2(C)C)n1. The van der Waals surface area contributed by atoms with Gasteiger partial charge in [0, 0.05) is 23.8 Å². The third-order valence-corrected chi connectivity index (χ3v) is 6.14. The van der Waals surface area contributed by atoms with Gasteiger partial charge in [0.05, 0.1) is 11.7 Å². The second-order valence-electron chi connectivity index (χ2n) is 9.26. The average molecular weight is 361 g/mol. The Kier molecular flexibility index (Phi) is 4.65.